The number of amides is 1. The molecule has 2 aliphatic carbocycles. The van der Waals surface area contributed by atoms with E-state index < -0.39 is 32.9 Å². The Hall–Kier alpha value is -2.67. The number of piperidine rings is 1. The Kier molecular flexibility index (Phi) is 11.6. The average Bonchev–Trinajstić information content (AvgIpc) is 3.31. The van der Waals surface area contributed by atoms with Crippen molar-refractivity contribution >= 4 is 33.2 Å². The SMILES string of the molecule is COC1(CN2CCN3CCCC[C@@H]3C2)C=CC[C@H](C)[C@@H](C[C@H](C)O)S(=O)(=O)NC(=O)c2ccc3c(c2)N(C[C@@H]2CCC21)C[C@@]1(CCCc2cc(Cl)ccc21)CO3. The largest absolute Gasteiger partial charge is 0.490 e. The Labute approximate surface area is 339 Å². The number of methoxy groups -OCH3 is 1. The highest BCUT2D eigenvalue weighted by atomic mass is 35.5. The summed E-state index contributed by atoms with van der Waals surface area (Å²) in [5, 5.41) is 10.2. The molecule has 2 N–H and O–H groups in total. The summed E-state index contributed by atoms with van der Waals surface area (Å²) < 4.78 is 44.0. The molecule has 4 aliphatic heterocycles. The van der Waals surface area contributed by atoms with Crippen molar-refractivity contribution in [2.45, 2.75) is 106 Å². The van der Waals surface area contributed by atoms with E-state index in [1.165, 1.54) is 36.9 Å². The number of halogens is 1. The molecule has 6 aliphatic rings. The number of nitrogens with one attached hydrogen (secondary N) is 1. The van der Waals surface area contributed by atoms with Gasteiger partial charge in [0, 0.05) is 68.4 Å². The first-order valence-corrected chi connectivity index (χ1v) is 23.0. The maximum Gasteiger partial charge on any atom is 0.264 e. The number of carbonyl (C=O) groups excluding carboxylic acids is 1. The lowest BCUT2D eigenvalue weighted by molar-refractivity contribution is -0.100. The van der Waals surface area contributed by atoms with Crippen molar-refractivity contribution in [1.29, 1.82) is 0 Å². The number of sulfonamides is 1. The van der Waals surface area contributed by atoms with Crippen molar-refractivity contribution in [1.82, 2.24) is 14.5 Å². The minimum Gasteiger partial charge on any atom is -0.490 e. The van der Waals surface area contributed by atoms with E-state index in [0.717, 1.165) is 75.5 Å². The van der Waals surface area contributed by atoms with Gasteiger partial charge in [0.15, 0.2) is 0 Å². The number of anilines is 1. The van der Waals surface area contributed by atoms with E-state index in [4.69, 9.17) is 21.1 Å². The average molecular weight is 810 g/mol. The number of piperazine rings is 1. The van der Waals surface area contributed by atoms with Crippen LogP contribution in [0.15, 0.2) is 48.6 Å². The minimum absolute atomic E-state index is 0.0178. The van der Waals surface area contributed by atoms with Crippen molar-refractivity contribution in [2.75, 3.05) is 64.4 Å². The van der Waals surface area contributed by atoms with Crippen LogP contribution in [0, 0.1) is 17.8 Å². The van der Waals surface area contributed by atoms with E-state index >= 15 is 0 Å². The smallest absolute Gasteiger partial charge is 0.264 e. The molecule has 8 rings (SSSR count). The van der Waals surface area contributed by atoms with E-state index in [-0.39, 0.29) is 29.2 Å². The number of ether oxygens (including phenoxy) is 2. The van der Waals surface area contributed by atoms with E-state index in [0.29, 0.717) is 37.3 Å². The van der Waals surface area contributed by atoms with Gasteiger partial charge in [-0.05, 0) is 130 Å². The molecule has 306 valence electrons. The number of rotatable bonds is 5. The quantitative estimate of drug-likeness (QED) is 0.342. The first-order chi connectivity index (χ1) is 26.9. The Balaban J connectivity index is 1.20. The van der Waals surface area contributed by atoms with Crippen LogP contribution in [0.2, 0.25) is 5.02 Å². The first-order valence-electron chi connectivity index (χ1n) is 21.1. The molecule has 3 fully saturated rings. The zero-order valence-electron chi connectivity index (χ0n) is 33.4. The number of hydrogen-bond donors (Lipinski definition) is 2. The van der Waals surface area contributed by atoms with E-state index in [2.05, 4.69) is 43.7 Å². The van der Waals surface area contributed by atoms with Gasteiger partial charge in [0.05, 0.1) is 23.6 Å². The lowest BCUT2D eigenvalue weighted by Crippen LogP contribution is -2.61. The molecule has 4 heterocycles. The second kappa shape index (κ2) is 16.2. The Bertz CT molecular complexity index is 1910. The summed E-state index contributed by atoms with van der Waals surface area (Å²) in [6.45, 7) is 10.6. The normalized spacial score (nSPS) is 34.2. The Morgan fingerprint density at radius 1 is 1.07 bits per heavy atom. The first kappa shape index (κ1) is 40.1. The zero-order chi connectivity index (χ0) is 39.2. The molecule has 1 amide bonds. The number of aryl methyl sites for hydroxylation is 1. The maximum atomic E-state index is 14.1. The highest BCUT2D eigenvalue weighted by Gasteiger charge is 2.50. The third-order valence-electron chi connectivity index (χ3n) is 14.3. The number of benzene rings is 2. The van der Waals surface area contributed by atoms with Crippen LogP contribution in [0.25, 0.3) is 0 Å². The molecule has 10 nitrogen and oxygen atoms in total. The van der Waals surface area contributed by atoms with E-state index in [1.54, 1.807) is 13.0 Å². The summed E-state index contributed by atoms with van der Waals surface area (Å²) in [5.41, 5.74) is 2.76. The van der Waals surface area contributed by atoms with Crippen LogP contribution in [0.4, 0.5) is 5.69 Å². The molecule has 1 spiro atoms. The third-order valence-corrected chi connectivity index (χ3v) is 16.5. The zero-order valence-corrected chi connectivity index (χ0v) is 35.0. The van der Waals surface area contributed by atoms with E-state index in [9.17, 15) is 18.3 Å². The fourth-order valence-corrected chi connectivity index (χ4v) is 13.1. The number of nitrogens with zero attached hydrogens (tertiary/aromatic N) is 3. The fourth-order valence-electron chi connectivity index (χ4n) is 11.2. The van der Waals surface area contributed by atoms with Crippen molar-refractivity contribution < 1.29 is 27.8 Å². The molecular formula is C44H61ClN4O6S. The maximum absolute atomic E-state index is 14.1. The van der Waals surface area contributed by atoms with Crippen LogP contribution >= 0.6 is 11.6 Å². The number of aliphatic hydroxyl groups excluding tert-OH is 1. The molecule has 2 aromatic carbocycles. The summed E-state index contributed by atoms with van der Waals surface area (Å²) in [6, 6.07) is 12.2. The highest BCUT2D eigenvalue weighted by molar-refractivity contribution is 7.90. The van der Waals surface area contributed by atoms with Gasteiger partial charge in [-0.15, -0.1) is 0 Å². The van der Waals surface area contributed by atoms with Crippen LogP contribution in [0.5, 0.6) is 5.75 Å². The number of carbonyl (C=O) groups is 1. The molecule has 2 aromatic rings. The number of allylic oxidation sites excluding steroid dienone is 1. The molecule has 12 heteroatoms. The van der Waals surface area contributed by atoms with Gasteiger partial charge >= 0.3 is 0 Å². The monoisotopic (exact) mass is 808 g/mol. The molecule has 8 atom stereocenters. The molecule has 1 saturated carbocycles. The summed E-state index contributed by atoms with van der Waals surface area (Å²) in [4.78, 5) is 21.6. The van der Waals surface area contributed by atoms with Crippen molar-refractivity contribution in [3.8, 4) is 5.75 Å². The van der Waals surface area contributed by atoms with Gasteiger partial charge in [-0.25, -0.2) is 13.1 Å². The molecule has 56 heavy (non-hydrogen) atoms. The van der Waals surface area contributed by atoms with Gasteiger partial charge < -0.3 is 19.5 Å². The van der Waals surface area contributed by atoms with Crippen LogP contribution < -0.4 is 14.4 Å². The fraction of sp³-hybridized carbons (Fsp3) is 0.659. The topological polar surface area (TPSA) is 112 Å². The molecule has 2 saturated heterocycles. The van der Waals surface area contributed by atoms with E-state index in [1.807, 2.05) is 32.2 Å². The van der Waals surface area contributed by atoms with Gasteiger partial charge in [-0.2, -0.15) is 0 Å². The van der Waals surface area contributed by atoms with Crippen LogP contribution in [-0.4, -0.2) is 112 Å². The second-order valence-electron chi connectivity index (χ2n) is 18.0. The number of hydrogen-bond acceptors (Lipinski definition) is 9. The number of aliphatic hydroxyl groups is 1. The van der Waals surface area contributed by atoms with Gasteiger partial charge in [-0.3, -0.25) is 14.6 Å². The molecule has 2 unspecified atom stereocenters. The standard InChI is InChI=1S/C44H61ClN4O6S/c1-30-8-6-18-44(54-3,28-47-20-21-48-19-5-4-10-36(48)26-47)38-14-11-34(38)25-49-27-43(17-7-9-32-23-35(45)13-15-37(32)43)29-55-40-16-12-33(24-39(40)49)42(51)46-56(52,53)41(30)22-31(2)50/h6,12-13,15-16,18,23-24,30-31,34,36,38,41,50H,4-5,7-11,14,17,19-22,25-29H2,1-3H3,(H,46,51)/t30-,31-,34-,36+,38?,41+,43-,44?/m0/s1. The predicted octanol–water partition coefficient (Wildman–Crippen LogP) is 6.19. The van der Waals surface area contributed by atoms with Gasteiger partial charge in [0.1, 0.15) is 11.4 Å². The number of fused-ring (bicyclic) bond motifs is 5. The molecule has 0 radical (unpaired) electrons. The summed E-state index contributed by atoms with van der Waals surface area (Å²) >= 11 is 6.53. The van der Waals surface area contributed by atoms with Gasteiger partial charge in [0.25, 0.3) is 5.91 Å². The van der Waals surface area contributed by atoms with Crippen molar-refractivity contribution in [3.63, 3.8) is 0 Å². The van der Waals surface area contributed by atoms with Crippen LogP contribution in [0.1, 0.15) is 93.1 Å². The Morgan fingerprint density at radius 3 is 2.71 bits per heavy atom. The predicted molar refractivity (Wildman–Crippen MR) is 221 cm³/mol. The highest BCUT2D eigenvalue weighted by Crippen LogP contribution is 2.49. The lowest BCUT2D eigenvalue weighted by Gasteiger charge is -2.53. The van der Waals surface area contributed by atoms with Gasteiger partial charge in [-0.1, -0.05) is 43.2 Å². The van der Waals surface area contributed by atoms with Crippen molar-refractivity contribution in [3.05, 3.63) is 70.3 Å². The third kappa shape index (κ3) is 7.90. The van der Waals surface area contributed by atoms with Crippen LogP contribution in [-0.2, 0) is 26.6 Å². The second-order valence-corrected chi connectivity index (χ2v) is 20.4. The Morgan fingerprint density at radius 2 is 1.93 bits per heavy atom. The van der Waals surface area contributed by atoms with Crippen LogP contribution in [0.3, 0.4) is 0 Å². The lowest BCUT2D eigenvalue weighted by atomic mass is 9.63. The molecule has 0 aromatic heterocycles. The summed E-state index contributed by atoms with van der Waals surface area (Å²) in [6.07, 6.45) is 12.9. The van der Waals surface area contributed by atoms with Gasteiger partial charge in [0.2, 0.25) is 10.0 Å². The molecular weight excluding hydrogens is 748 g/mol. The summed E-state index contributed by atoms with van der Waals surface area (Å²) in [7, 11) is -2.31. The minimum atomic E-state index is -4.16. The molecule has 2 bridgehead atoms. The summed E-state index contributed by atoms with van der Waals surface area (Å²) in [5.74, 6) is 0.215. The van der Waals surface area contributed by atoms with Crippen molar-refractivity contribution in [2.24, 2.45) is 17.8 Å².